The molecule has 0 aliphatic rings. The maximum atomic E-state index is 2.50. The maximum absolute atomic E-state index is 2.50. The summed E-state index contributed by atoms with van der Waals surface area (Å²) in [6, 6.07) is 4.91. The molecule has 1 aromatic carbocycles. The standard InChI is InChI=1S/C18H27ISe/c1-8-17(19)20-18-15(12(4)5)9-14(11(2)3)10-16(18)13(6)7/h8-13H,1-7H3/b17-8-. The second-order valence-corrected chi connectivity index (χ2v) is 11.2. The Balaban J connectivity index is 3.50. The predicted molar refractivity (Wildman–Crippen MR) is 102 cm³/mol. The number of benzene rings is 1. The molecule has 0 aliphatic heterocycles. The van der Waals surface area contributed by atoms with Crippen LogP contribution in [0.25, 0.3) is 0 Å². The van der Waals surface area contributed by atoms with Crippen LogP contribution < -0.4 is 4.46 Å². The van der Waals surface area contributed by atoms with Crippen LogP contribution in [0.3, 0.4) is 0 Å². The zero-order valence-corrected chi connectivity index (χ0v) is 17.6. The molecule has 0 nitrogen and oxygen atoms in total. The fourth-order valence-electron chi connectivity index (χ4n) is 2.16. The van der Waals surface area contributed by atoms with Crippen molar-refractivity contribution in [2.75, 3.05) is 0 Å². The Hall–Kier alpha value is 0.209. The molecule has 0 radical (unpaired) electrons. The Morgan fingerprint density at radius 1 is 0.950 bits per heavy atom. The quantitative estimate of drug-likeness (QED) is 0.401. The Morgan fingerprint density at radius 3 is 1.70 bits per heavy atom. The van der Waals surface area contributed by atoms with Crippen molar-refractivity contribution in [3.63, 3.8) is 0 Å². The first-order chi connectivity index (χ1) is 9.27. The van der Waals surface area contributed by atoms with Crippen LogP contribution in [0.4, 0.5) is 0 Å². The van der Waals surface area contributed by atoms with Crippen molar-refractivity contribution in [1.29, 1.82) is 0 Å². The van der Waals surface area contributed by atoms with Gasteiger partial charge in [-0.1, -0.05) is 0 Å². The van der Waals surface area contributed by atoms with Crippen molar-refractivity contribution in [3.8, 4) is 0 Å². The molecule has 0 unspecified atom stereocenters. The molecule has 0 N–H and O–H groups in total. The van der Waals surface area contributed by atoms with Crippen molar-refractivity contribution >= 4 is 42.0 Å². The molecular formula is C18H27ISe. The molecule has 0 atom stereocenters. The fourth-order valence-corrected chi connectivity index (χ4v) is 5.70. The summed E-state index contributed by atoms with van der Waals surface area (Å²) in [4.78, 5) is 0. The second kappa shape index (κ2) is 8.00. The van der Waals surface area contributed by atoms with E-state index in [2.05, 4.69) is 89.3 Å². The van der Waals surface area contributed by atoms with Crippen molar-refractivity contribution in [1.82, 2.24) is 0 Å². The second-order valence-electron chi connectivity index (χ2n) is 6.19. The molecule has 0 aliphatic carbocycles. The number of hydrogen-bond acceptors (Lipinski definition) is 0. The van der Waals surface area contributed by atoms with E-state index in [1.807, 2.05) is 0 Å². The van der Waals surface area contributed by atoms with Gasteiger partial charge in [-0.05, 0) is 0 Å². The van der Waals surface area contributed by atoms with Crippen LogP contribution in [0, 0.1) is 0 Å². The van der Waals surface area contributed by atoms with Gasteiger partial charge in [0, 0.05) is 0 Å². The number of rotatable bonds is 5. The third-order valence-electron chi connectivity index (χ3n) is 3.51. The van der Waals surface area contributed by atoms with Gasteiger partial charge in [-0.2, -0.15) is 0 Å². The predicted octanol–water partition coefficient (Wildman–Crippen LogP) is 5.68. The van der Waals surface area contributed by atoms with E-state index in [1.54, 1.807) is 15.6 Å². The number of halogens is 1. The van der Waals surface area contributed by atoms with Gasteiger partial charge in [-0.15, -0.1) is 0 Å². The van der Waals surface area contributed by atoms with Gasteiger partial charge in [0.2, 0.25) is 0 Å². The van der Waals surface area contributed by atoms with Gasteiger partial charge in [-0.3, -0.25) is 0 Å². The van der Waals surface area contributed by atoms with Gasteiger partial charge >= 0.3 is 146 Å². The minimum absolute atomic E-state index is 0.448. The molecule has 2 heteroatoms. The summed E-state index contributed by atoms with van der Waals surface area (Å²) in [5.41, 5.74) is 4.62. The van der Waals surface area contributed by atoms with E-state index in [1.165, 1.54) is 8.04 Å². The first-order valence-corrected chi connectivity index (χ1v) is 10.2. The molecule has 0 aromatic heterocycles. The Kier molecular flexibility index (Phi) is 7.31. The average molecular weight is 449 g/mol. The van der Waals surface area contributed by atoms with Gasteiger partial charge in [0.15, 0.2) is 0 Å². The topological polar surface area (TPSA) is 0 Å². The van der Waals surface area contributed by atoms with E-state index in [9.17, 15) is 0 Å². The summed E-state index contributed by atoms with van der Waals surface area (Å²) >= 11 is 2.95. The summed E-state index contributed by atoms with van der Waals surface area (Å²) in [7, 11) is 0. The SMILES string of the molecule is C/C=C(/I)[Se]c1c(C(C)C)cc(C(C)C)cc1C(C)C. The van der Waals surface area contributed by atoms with Crippen LogP contribution in [-0.4, -0.2) is 15.0 Å². The summed E-state index contributed by atoms with van der Waals surface area (Å²) in [5.74, 6) is 1.81. The Morgan fingerprint density at radius 2 is 1.40 bits per heavy atom. The molecule has 0 saturated heterocycles. The third-order valence-corrected chi connectivity index (χ3v) is 7.59. The van der Waals surface area contributed by atoms with E-state index < -0.39 is 0 Å². The molecule has 0 amide bonds. The molecule has 1 aromatic rings. The molecule has 0 saturated carbocycles. The van der Waals surface area contributed by atoms with Crippen molar-refractivity contribution in [2.24, 2.45) is 0 Å². The third kappa shape index (κ3) is 4.61. The molecule has 20 heavy (non-hydrogen) atoms. The number of allylic oxidation sites excluding steroid dienone is 1. The summed E-state index contributed by atoms with van der Waals surface area (Å²) in [6.07, 6.45) is 2.26. The van der Waals surface area contributed by atoms with Crippen molar-refractivity contribution in [2.45, 2.75) is 66.2 Å². The minimum atomic E-state index is 0.448. The molecule has 0 bridgehead atoms. The molecular weight excluding hydrogens is 422 g/mol. The normalized spacial score (nSPS) is 12.8. The summed E-state index contributed by atoms with van der Waals surface area (Å²) < 4.78 is 3.12. The van der Waals surface area contributed by atoms with Gasteiger partial charge in [-0.25, -0.2) is 0 Å². The van der Waals surface area contributed by atoms with E-state index in [4.69, 9.17) is 0 Å². The van der Waals surface area contributed by atoms with E-state index in [0.717, 1.165) is 0 Å². The molecule has 0 heterocycles. The van der Waals surface area contributed by atoms with Gasteiger partial charge < -0.3 is 0 Å². The monoisotopic (exact) mass is 450 g/mol. The van der Waals surface area contributed by atoms with E-state index in [0.29, 0.717) is 32.7 Å². The van der Waals surface area contributed by atoms with E-state index >= 15 is 0 Å². The average Bonchev–Trinajstić information content (AvgIpc) is 2.37. The van der Waals surface area contributed by atoms with Crippen LogP contribution in [0.15, 0.2) is 20.7 Å². The van der Waals surface area contributed by atoms with Crippen LogP contribution >= 0.6 is 22.6 Å². The zero-order chi connectivity index (χ0) is 15.4. The molecule has 0 fully saturated rings. The Labute approximate surface area is 145 Å². The fraction of sp³-hybridized carbons (Fsp3) is 0.556. The summed E-state index contributed by atoms with van der Waals surface area (Å²) in [6.45, 7) is 16.0. The van der Waals surface area contributed by atoms with Crippen LogP contribution in [0.5, 0.6) is 0 Å². The van der Waals surface area contributed by atoms with Crippen LogP contribution in [-0.2, 0) is 0 Å². The first-order valence-electron chi connectivity index (χ1n) is 7.45. The van der Waals surface area contributed by atoms with Crippen molar-refractivity contribution < 1.29 is 0 Å². The molecule has 0 spiro atoms. The Bertz CT molecular complexity index is 455. The molecule has 112 valence electrons. The van der Waals surface area contributed by atoms with Crippen molar-refractivity contribution in [3.05, 3.63) is 37.4 Å². The zero-order valence-electron chi connectivity index (χ0n) is 13.8. The van der Waals surface area contributed by atoms with Crippen LogP contribution in [0.2, 0.25) is 0 Å². The van der Waals surface area contributed by atoms with Gasteiger partial charge in [0.25, 0.3) is 0 Å². The first kappa shape index (κ1) is 18.3. The summed E-state index contributed by atoms with van der Waals surface area (Å²) in [5, 5.41) is 0. The van der Waals surface area contributed by atoms with Gasteiger partial charge in [0.05, 0.1) is 0 Å². The molecule has 1 rings (SSSR count). The van der Waals surface area contributed by atoms with Crippen LogP contribution in [0.1, 0.15) is 82.9 Å². The van der Waals surface area contributed by atoms with Gasteiger partial charge in [0.1, 0.15) is 0 Å². The number of hydrogen-bond donors (Lipinski definition) is 0. The van der Waals surface area contributed by atoms with E-state index in [-0.39, 0.29) is 0 Å².